The van der Waals surface area contributed by atoms with Crippen LogP contribution in [-0.2, 0) is 4.79 Å². The molecule has 0 radical (unpaired) electrons. The van der Waals surface area contributed by atoms with Crippen LogP contribution in [0.4, 0.5) is 0 Å². The molecule has 4 nitrogen and oxygen atoms in total. The van der Waals surface area contributed by atoms with Crippen LogP contribution in [0.25, 0.3) is 0 Å². The van der Waals surface area contributed by atoms with Gasteiger partial charge in [0.2, 0.25) is 5.91 Å². The molecule has 1 aromatic carbocycles. The first-order valence-corrected chi connectivity index (χ1v) is 7.76. The number of piperidine rings is 1. The van der Waals surface area contributed by atoms with Crippen molar-refractivity contribution in [2.24, 2.45) is 5.92 Å². The van der Waals surface area contributed by atoms with E-state index in [1.54, 1.807) is 24.3 Å². The van der Waals surface area contributed by atoms with E-state index in [-0.39, 0.29) is 17.6 Å². The minimum absolute atomic E-state index is 0.0525. The number of Topliss-reactive ketones (excluding diaryl/α,β-unsaturated/α-hetero) is 1. The molecule has 1 aliphatic heterocycles. The van der Waals surface area contributed by atoms with Crippen LogP contribution in [0, 0.1) is 5.92 Å². The van der Waals surface area contributed by atoms with Gasteiger partial charge in [-0.15, -0.1) is 0 Å². The number of nitrogens with one attached hydrogen (secondary N) is 1. The summed E-state index contributed by atoms with van der Waals surface area (Å²) in [7, 11) is 0. The highest BCUT2D eigenvalue weighted by Crippen LogP contribution is 2.22. The van der Waals surface area contributed by atoms with Gasteiger partial charge in [0.15, 0.2) is 5.78 Å². The molecule has 2 rings (SSSR count). The van der Waals surface area contributed by atoms with Crippen LogP contribution in [0.3, 0.4) is 0 Å². The molecule has 0 spiro atoms. The normalized spacial score (nSPS) is 16.7. The van der Waals surface area contributed by atoms with E-state index in [1.165, 1.54) is 0 Å². The summed E-state index contributed by atoms with van der Waals surface area (Å²) in [6, 6.07) is 7.06. The fraction of sp³-hybridized carbons (Fsp3) is 0.500. The molecule has 0 aromatic heterocycles. The van der Waals surface area contributed by atoms with Gasteiger partial charge in [-0.2, -0.15) is 0 Å². The number of likely N-dealkylation sites (tertiary alicyclic amines) is 1. The molecule has 1 saturated heterocycles. The molecule has 1 fully saturated rings. The van der Waals surface area contributed by atoms with Gasteiger partial charge in [0.05, 0.1) is 6.54 Å². The fourth-order valence-electron chi connectivity index (χ4n) is 2.66. The van der Waals surface area contributed by atoms with Crippen LogP contribution in [0.15, 0.2) is 24.3 Å². The van der Waals surface area contributed by atoms with Crippen molar-refractivity contribution in [1.82, 2.24) is 10.2 Å². The van der Waals surface area contributed by atoms with E-state index in [4.69, 9.17) is 11.6 Å². The summed E-state index contributed by atoms with van der Waals surface area (Å²) in [6.07, 6.45) is 1.61. The second kappa shape index (κ2) is 7.57. The highest BCUT2D eigenvalue weighted by atomic mass is 35.5. The Morgan fingerprint density at radius 1 is 1.24 bits per heavy atom. The Balaban J connectivity index is 1.84. The number of likely N-dealkylation sites (N-methyl/N-ethyl adjacent to an activating group) is 1. The lowest BCUT2D eigenvalue weighted by atomic mass is 9.89. The number of hydrogen-bond donors (Lipinski definition) is 1. The monoisotopic (exact) mass is 308 g/mol. The van der Waals surface area contributed by atoms with Crippen LogP contribution in [0.5, 0.6) is 0 Å². The molecule has 21 heavy (non-hydrogen) atoms. The van der Waals surface area contributed by atoms with E-state index in [0.29, 0.717) is 18.1 Å². The molecule has 0 unspecified atom stereocenters. The molecule has 1 aliphatic rings. The van der Waals surface area contributed by atoms with Gasteiger partial charge in [-0.25, -0.2) is 0 Å². The summed E-state index contributed by atoms with van der Waals surface area (Å²) in [5, 5.41) is 3.44. The number of halogens is 1. The summed E-state index contributed by atoms with van der Waals surface area (Å²) in [5.74, 6) is 0.293. The van der Waals surface area contributed by atoms with E-state index in [9.17, 15) is 9.59 Å². The van der Waals surface area contributed by atoms with E-state index < -0.39 is 0 Å². The number of carbonyl (C=O) groups is 2. The van der Waals surface area contributed by atoms with Crippen molar-refractivity contribution in [3.63, 3.8) is 0 Å². The Bertz CT molecular complexity index is 494. The fourth-order valence-corrected chi connectivity index (χ4v) is 2.79. The zero-order chi connectivity index (χ0) is 15.2. The molecule has 1 amide bonds. The summed E-state index contributed by atoms with van der Waals surface area (Å²) < 4.78 is 0. The Morgan fingerprint density at radius 2 is 1.86 bits per heavy atom. The van der Waals surface area contributed by atoms with Crippen molar-refractivity contribution in [2.45, 2.75) is 19.8 Å². The largest absolute Gasteiger partial charge is 0.355 e. The number of carbonyl (C=O) groups excluding carboxylic acids is 2. The minimum Gasteiger partial charge on any atom is -0.355 e. The van der Waals surface area contributed by atoms with Gasteiger partial charge in [0.25, 0.3) is 0 Å². The van der Waals surface area contributed by atoms with Crippen molar-refractivity contribution in [2.75, 3.05) is 26.2 Å². The van der Waals surface area contributed by atoms with E-state index >= 15 is 0 Å². The Hall–Kier alpha value is -1.39. The van der Waals surface area contributed by atoms with Gasteiger partial charge in [0.1, 0.15) is 0 Å². The van der Waals surface area contributed by atoms with Crippen LogP contribution in [-0.4, -0.2) is 42.8 Å². The predicted octanol–water partition coefficient (Wildman–Crippen LogP) is 2.37. The van der Waals surface area contributed by atoms with E-state index in [2.05, 4.69) is 10.2 Å². The Kier molecular flexibility index (Phi) is 5.76. The standard InChI is InChI=1S/C16H21ClN2O2/c1-2-18-15(20)11-19-9-7-13(8-10-19)16(21)12-3-5-14(17)6-4-12/h3-6,13H,2,7-11H2,1H3,(H,18,20). The number of rotatable bonds is 5. The first-order valence-electron chi connectivity index (χ1n) is 7.39. The van der Waals surface area contributed by atoms with Gasteiger partial charge in [-0.3, -0.25) is 14.5 Å². The molecule has 0 atom stereocenters. The topological polar surface area (TPSA) is 49.4 Å². The Labute approximate surface area is 130 Å². The minimum atomic E-state index is 0.0525. The summed E-state index contributed by atoms with van der Waals surface area (Å²) in [4.78, 5) is 26.1. The third-order valence-corrected chi connectivity index (χ3v) is 4.08. The highest BCUT2D eigenvalue weighted by Gasteiger charge is 2.26. The maximum atomic E-state index is 12.4. The summed E-state index contributed by atoms with van der Waals surface area (Å²) >= 11 is 5.84. The number of amides is 1. The third-order valence-electron chi connectivity index (χ3n) is 3.83. The molecule has 0 bridgehead atoms. The van der Waals surface area contributed by atoms with Crippen molar-refractivity contribution >= 4 is 23.3 Å². The SMILES string of the molecule is CCNC(=O)CN1CCC(C(=O)c2ccc(Cl)cc2)CC1. The van der Waals surface area contributed by atoms with Gasteiger partial charge < -0.3 is 5.32 Å². The van der Waals surface area contributed by atoms with Crippen molar-refractivity contribution in [3.05, 3.63) is 34.9 Å². The van der Waals surface area contributed by atoms with Crippen LogP contribution < -0.4 is 5.32 Å². The maximum Gasteiger partial charge on any atom is 0.234 e. The molecular formula is C16H21ClN2O2. The van der Waals surface area contributed by atoms with E-state index in [0.717, 1.165) is 31.5 Å². The van der Waals surface area contributed by atoms with Crippen molar-refractivity contribution < 1.29 is 9.59 Å². The van der Waals surface area contributed by atoms with E-state index in [1.807, 2.05) is 6.92 Å². The second-order valence-electron chi connectivity index (χ2n) is 5.38. The average molecular weight is 309 g/mol. The lowest BCUT2D eigenvalue weighted by Crippen LogP contribution is -2.42. The number of hydrogen-bond acceptors (Lipinski definition) is 3. The summed E-state index contributed by atoms with van der Waals surface area (Å²) in [6.45, 7) is 4.58. The molecular weight excluding hydrogens is 288 g/mol. The van der Waals surface area contributed by atoms with Gasteiger partial charge in [0, 0.05) is 23.0 Å². The van der Waals surface area contributed by atoms with Crippen LogP contribution >= 0.6 is 11.6 Å². The maximum absolute atomic E-state index is 12.4. The quantitative estimate of drug-likeness (QED) is 0.850. The molecule has 114 valence electrons. The first kappa shape index (κ1) is 16.0. The summed E-state index contributed by atoms with van der Waals surface area (Å²) in [5.41, 5.74) is 0.724. The average Bonchev–Trinajstić information content (AvgIpc) is 2.48. The zero-order valence-electron chi connectivity index (χ0n) is 12.3. The van der Waals surface area contributed by atoms with Gasteiger partial charge in [-0.1, -0.05) is 11.6 Å². The molecule has 5 heteroatoms. The molecule has 1 aromatic rings. The van der Waals surface area contributed by atoms with Crippen molar-refractivity contribution in [1.29, 1.82) is 0 Å². The van der Waals surface area contributed by atoms with Crippen LogP contribution in [0.2, 0.25) is 5.02 Å². The number of nitrogens with zero attached hydrogens (tertiary/aromatic N) is 1. The lowest BCUT2D eigenvalue weighted by molar-refractivity contribution is -0.122. The molecule has 0 aliphatic carbocycles. The third kappa shape index (κ3) is 4.55. The molecule has 1 heterocycles. The number of ketones is 1. The predicted molar refractivity (Wildman–Crippen MR) is 83.6 cm³/mol. The van der Waals surface area contributed by atoms with Gasteiger partial charge in [-0.05, 0) is 57.1 Å². The smallest absolute Gasteiger partial charge is 0.234 e. The van der Waals surface area contributed by atoms with Gasteiger partial charge >= 0.3 is 0 Å². The number of benzene rings is 1. The molecule has 1 N–H and O–H groups in total. The first-order chi connectivity index (χ1) is 10.1. The highest BCUT2D eigenvalue weighted by molar-refractivity contribution is 6.30. The Morgan fingerprint density at radius 3 is 2.43 bits per heavy atom. The van der Waals surface area contributed by atoms with Crippen molar-refractivity contribution in [3.8, 4) is 0 Å². The zero-order valence-corrected chi connectivity index (χ0v) is 13.0. The molecule has 0 saturated carbocycles. The van der Waals surface area contributed by atoms with Crippen LogP contribution in [0.1, 0.15) is 30.1 Å². The second-order valence-corrected chi connectivity index (χ2v) is 5.81. The lowest BCUT2D eigenvalue weighted by Gasteiger charge is -2.30.